The highest BCUT2D eigenvalue weighted by Gasteiger charge is 2.24. The minimum atomic E-state index is 0.0405. The highest BCUT2D eigenvalue weighted by atomic mass is 16.5. The summed E-state index contributed by atoms with van der Waals surface area (Å²) in [6.45, 7) is 0. The number of hydrogen-bond acceptors (Lipinski definition) is 5. The summed E-state index contributed by atoms with van der Waals surface area (Å²) in [5.41, 5.74) is 15.0. The number of nitrogens with zero attached hydrogens (tertiary/aromatic N) is 2. The van der Waals surface area contributed by atoms with Crippen LogP contribution in [0.1, 0.15) is 23.7 Å². The van der Waals surface area contributed by atoms with E-state index in [1.165, 1.54) is 11.1 Å². The van der Waals surface area contributed by atoms with Gasteiger partial charge in [-0.15, -0.1) is 0 Å². The molecule has 0 unspecified atom stereocenters. The van der Waals surface area contributed by atoms with E-state index in [-0.39, 0.29) is 12.1 Å². The third-order valence-electron chi connectivity index (χ3n) is 4.08. The molecule has 0 saturated heterocycles. The van der Waals surface area contributed by atoms with E-state index in [4.69, 9.17) is 16.2 Å². The predicted octanol–water partition coefficient (Wildman–Crippen LogP) is 2.86. The van der Waals surface area contributed by atoms with E-state index in [1.54, 1.807) is 0 Å². The van der Waals surface area contributed by atoms with Gasteiger partial charge < -0.3 is 16.2 Å². The number of nitrogens with two attached hydrogens (primary N) is 2. The molecular formula is C17H16N4O. The van der Waals surface area contributed by atoms with Crippen LogP contribution < -0.4 is 16.2 Å². The molecule has 5 nitrogen and oxygen atoms in total. The van der Waals surface area contributed by atoms with Crippen LogP contribution in [0.15, 0.2) is 42.5 Å². The van der Waals surface area contributed by atoms with Gasteiger partial charge in [-0.2, -0.15) is 4.98 Å². The SMILES string of the molecule is Nc1nc(N)c2c(O[C@H]3CCc4ccccc43)cccc2n1. The molecule has 1 heterocycles. The van der Waals surface area contributed by atoms with Crippen molar-refractivity contribution in [2.75, 3.05) is 11.5 Å². The maximum absolute atomic E-state index is 6.23. The highest BCUT2D eigenvalue weighted by molar-refractivity contribution is 5.94. The van der Waals surface area contributed by atoms with E-state index in [0.717, 1.165) is 18.2 Å². The number of nitrogen functional groups attached to an aromatic ring is 2. The molecule has 1 aromatic heterocycles. The lowest BCUT2D eigenvalue weighted by atomic mass is 10.1. The molecule has 5 heteroatoms. The lowest BCUT2D eigenvalue weighted by Gasteiger charge is -2.17. The molecule has 0 bridgehead atoms. The maximum Gasteiger partial charge on any atom is 0.222 e. The van der Waals surface area contributed by atoms with Gasteiger partial charge in [0.25, 0.3) is 0 Å². The van der Waals surface area contributed by atoms with Crippen LogP contribution in [0.25, 0.3) is 10.9 Å². The summed E-state index contributed by atoms with van der Waals surface area (Å²) in [7, 11) is 0. The van der Waals surface area contributed by atoms with E-state index in [1.807, 2.05) is 24.3 Å². The van der Waals surface area contributed by atoms with Gasteiger partial charge in [0, 0.05) is 0 Å². The minimum absolute atomic E-state index is 0.0405. The van der Waals surface area contributed by atoms with Crippen molar-refractivity contribution in [2.45, 2.75) is 18.9 Å². The second-order valence-corrected chi connectivity index (χ2v) is 5.46. The summed E-state index contributed by atoms with van der Waals surface area (Å²) < 4.78 is 6.23. The number of aromatic nitrogens is 2. The Morgan fingerprint density at radius 3 is 2.77 bits per heavy atom. The Morgan fingerprint density at radius 2 is 1.86 bits per heavy atom. The summed E-state index contributed by atoms with van der Waals surface area (Å²) in [5, 5.41) is 0.723. The van der Waals surface area contributed by atoms with Crippen molar-refractivity contribution in [1.29, 1.82) is 0 Å². The van der Waals surface area contributed by atoms with Crippen LogP contribution in [0.4, 0.5) is 11.8 Å². The Labute approximate surface area is 127 Å². The number of anilines is 2. The van der Waals surface area contributed by atoms with Crippen molar-refractivity contribution < 1.29 is 4.74 Å². The Morgan fingerprint density at radius 1 is 1.00 bits per heavy atom. The number of hydrogen-bond donors (Lipinski definition) is 2. The molecule has 0 radical (unpaired) electrons. The van der Waals surface area contributed by atoms with Crippen molar-refractivity contribution >= 4 is 22.7 Å². The lowest BCUT2D eigenvalue weighted by Crippen LogP contribution is -2.06. The van der Waals surface area contributed by atoms with E-state index >= 15 is 0 Å². The zero-order valence-electron chi connectivity index (χ0n) is 12.0. The van der Waals surface area contributed by atoms with E-state index in [2.05, 4.69) is 28.2 Å². The van der Waals surface area contributed by atoms with Gasteiger partial charge in [-0.25, -0.2) is 4.98 Å². The molecule has 0 aliphatic heterocycles. The van der Waals surface area contributed by atoms with Gasteiger partial charge in [0.05, 0.1) is 10.9 Å². The molecule has 1 aliphatic rings. The van der Waals surface area contributed by atoms with Crippen LogP contribution in [0.5, 0.6) is 5.75 Å². The average molecular weight is 292 g/mol. The van der Waals surface area contributed by atoms with Crippen LogP contribution in [0, 0.1) is 0 Å². The molecule has 1 aliphatic carbocycles. The number of aryl methyl sites for hydroxylation is 1. The first-order valence-corrected chi connectivity index (χ1v) is 7.28. The normalized spacial score (nSPS) is 16.6. The van der Waals surface area contributed by atoms with Gasteiger partial charge in [0.1, 0.15) is 17.7 Å². The number of fused-ring (bicyclic) bond motifs is 2. The zero-order valence-corrected chi connectivity index (χ0v) is 12.0. The highest BCUT2D eigenvalue weighted by Crippen LogP contribution is 2.38. The molecule has 0 spiro atoms. The molecule has 0 fully saturated rings. The van der Waals surface area contributed by atoms with E-state index < -0.39 is 0 Å². The number of ether oxygens (including phenoxy) is 1. The fraction of sp³-hybridized carbons (Fsp3) is 0.176. The largest absolute Gasteiger partial charge is 0.485 e. The molecule has 110 valence electrons. The lowest BCUT2D eigenvalue weighted by molar-refractivity contribution is 0.210. The van der Waals surface area contributed by atoms with E-state index in [9.17, 15) is 0 Å². The standard InChI is InChI=1S/C17H16N4O/c18-16-15-12(20-17(19)21-16)6-3-7-14(15)22-13-9-8-10-4-1-2-5-11(10)13/h1-7,13H,8-9H2,(H4,18,19,20,21)/t13-/m0/s1. The fourth-order valence-corrected chi connectivity index (χ4v) is 3.09. The van der Waals surface area contributed by atoms with E-state index in [0.29, 0.717) is 17.1 Å². The zero-order chi connectivity index (χ0) is 15.1. The quantitative estimate of drug-likeness (QED) is 0.758. The molecule has 2 aromatic carbocycles. The first kappa shape index (κ1) is 12.9. The Hall–Kier alpha value is -2.82. The van der Waals surface area contributed by atoms with Crippen molar-refractivity contribution in [3.63, 3.8) is 0 Å². The van der Waals surface area contributed by atoms with Gasteiger partial charge in [-0.05, 0) is 36.1 Å². The van der Waals surface area contributed by atoms with Crippen LogP contribution in [-0.4, -0.2) is 9.97 Å². The molecule has 4 N–H and O–H groups in total. The van der Waals surface area contributed by atoms with Crippen molar-refractivity contribution in [1.82, 2.24) is 9.97 Å². The van der Waals surface area contributed by atoms with Gasteiger partial charge >= 0.3 is 0 Å². The molecule has 0 amide bonds. The molecule has 0 saturated carbocycles. The fourth-order valence-electron chi connectivity index (χ4n) is 3.09. The summed E-state index contributed by atoms with van der Waals surface area (Å²) in [5.74, 6) is 1.23. The van der Waals surface area contributed by atoms with Crippen LogP contribution in [0.2, 0.25) is 0 Å². The average Bonchev–Trinajstić information content (AvgIpc) is 2.90. The molecular weight excluding hydrogens is 276 g/mol. The van der Waals surface area contributed by atoms with Crippen LogP contribution >= 0.6 is 0 Å². The summed E-state index contributed by atoms with van der Waals surface area (Å²) in [6.07, 6.45) is 2.04. The van der Waals surface area contributed by atoms with Crippen molar-refractivity contribution in [3.05, 3.63) is 53.6 Å². The molecule has 3 aromatic rings. The Balaban J connectivity index is 1.77. The van der Waals surface area contributed by atoms with Gasteiger partial charge in [-0.1, -0.05) is 30.3 Å². The number of rotatable bonds is 2. The van der Waals surface area contributed by atoms with Gasteiger partial charge in [0.2, 0.25) is 5.95 Å². The van der Waals surface area contributed by atoms with Crippen LogP contribution in [-0.2, 0) is 6.42 Å². The predicted molar refractivity (Wildman–Crippen MR) is 86.5 cm³/mol. The third kappa shape index (κ3) is 2.02. The monoisotopic (exact) mass is 292 g/mol. The van der Waals surface area contributed by atoms with Crippen molar-refractivity contribution in [3.8, 4) is 5.75 Å². The Bertz CT molecular complexity index is 862. The summed E-state index contributed by atoms with van der Waals surface area (Å²) in [6, 6.07) is 14.0. The molecule has 22 heavy (non-hydrogen) atoms. The topological polar surface area (TPSA) is 87.0 Å². The second-order valence-electron chi connectivity index (χ2n) is 5.46. The summed E-state index contributed by atoms with van der Waals surface area (Å²) in [4.78, 5) is 8.27. The Kier molecular flexibility index (Phi) is 2.85. The maximum atomic E-state index is 6.23. The summed E-state index contributed by atoms with van der Waals surface area (Å²) >= 11 is 0. The second kappa shape index (κ2) is 4.87. The number of benzene rings is 2. The van der Waals surface area contributed by atoms with Gasteiger partial charge in [0.15, 0.2) is 0 Å². The van der Waals surface area contributed by atoms with Gasteiger partial charge in [-0.3, -0.25) is 0 Å². The first-order valence-electron chi connectivity index (χ1n) is 7.28. The first-order chi connectivity index (χ1) is 10.7. The van der Waals surface area contributed by atoms with Crippen molar-refractivity contribution in [2.24, 2.45) is 0 Å². The third-order valence-corrected chi connectivity index (χ3v) is 4.08. The minimum Gasteiger partial charge on any atom is -0.485 e. The van der Waals surface area contributed by atoms with Crippen LogP contribution in [0.3, 0.4) is 0 Å². The smallest absolute Gasteiger partial charge is 0.222 e. The molecule has 1 atom stereocenters. The molecule has 4 rings (SSSR count).